The van der Waals surface area contributed by atoms with E-state index in [1.54, 1.807) is 11.0 Å². The molecule has 0 radical (unpaired) electrons. The Kier molecular flexibility index (Phi) is 6.42. The monoisotopic (exact) mass is 399 g/mol. The first-order valence-corrected chi connectivity index (χ1v) is 10.4. The molecule has 1 aromatic heterocycles. The molecule has 0 N–H and O–H groups in total. The number of hydrogen-bond donors (Lipinski definition) is 0. The van der Waals surface area contributed by atoms with E-state index in [2.05, 4.69) is 23.7 Å². The normalized spacial score (nSPS) is 11.4. The molecule has 0 bridgehead atoms. The smallest absolute Gasteiger partial charge is 0.260 e. The van der Waals surface area contributed by atoms with Gasteiger partial charge in [-0.1, -0.05) is 48.9 Å². The molecule has 0 aliphatic carbocycles. The van der Waals surface area contributed by atoms with Crippen molar-refractivity contribution >= 4 is 32.6 Å². The minimum atomic E-state index is -0.359. The van der Waals surface area contributed by atoms with Gasteiger partial charge in [-0.25, -0.2) is 9.37 Å². The number of anilines is 1. The Morgan fingerprint density at radius 2 is 1.86 bits per heavy atom. The number of para-hydroxylation sites is 1. The van der Waals surface area contributed by atoms with Crippen LogP contribution in [0.15, 0.2) is 36.4 Å². The summed E-state index contributed by atoms with van der Waals surface area (Å²) >= 11 is 1.35. The summed E-state index contributed by atoms with van der Waals surface area (Å²) in [5.41, 5.74) is 3.03. The van der Waals surface area contributed by atoms with Crippen LogP contribution in [0.25, 0.3) is 10.2 Å². The lowest BCUT2D eigenvalue weighted by Gasteiger charge is -2.25. The lowest BCUT2D eigenvalue weighted by molar-refractivity contribution is 0.0983. The number of amides is 1. The van der Waals surface area contributed by atoms with E-state index in [-0.39, 0.29) is 11.7 Å². The molecule has 2 aromatic carbocycles. The van der Waals surface area contributed by atoms with Crippen LogP contribution in [0.4, 0.5) is 9.52 Å². The van der Waals surface area contributed by atoms with E-state index in [1.807, 2.05) is 38.1 Å². The maximum absolute atomic E-state index is 14.2. The summed E-state index contributed by atoms with van der Waals surface area (Å²) < 4.78 is 14.9. The van der Waals surface area contributed by atoms with E-state index in [0.717, 1.165) is 35.5 Å². The molecule has 0 fully saturated rings. The van der Waals surface area contributed by atoms with Gasteiger partial charge in [-0.2, -0.15) is 0 Å². The van der Waals surface area contributed by atoms with Crippen LogP contribution in [-0.2, 0) is 0 Å². The van der Waals surface area contributed by atoms with Crippen molar-refractivity contribution < 1.29 is 9.18 Å². The zero-order valence-corrected chi connectivity index (χ0v) is 17.6. The number of likely N-dealkylation sites (N-methyl/N-ethyl adjacent to an activating group) is 1. The Labute approximate surface area is 169 Å². The molecular formula is C22H26FN3OS. The SMILES string of the molecule is CCN(CC)CCN(C(=O)c1ccc(C)cc1C)c1nc2c(F)cccc2s1. The number of aryl methyl sites for hydroxylation is 2. The first-order valence-electron chi connectivity index (χ1n) is 9.61. The number of hydrogen-bond acceptors (Lipinski definition) is 4. The molecule has 28 heavy (non-hydrogen) atoms. The third kappa shape index (κ3) is 4.23. The standard InChI is InChI=1S/C22H26FN3OS/c1-5-25(6-2)12-13-26(21(27)17-11-10-15(3)14-16(17)4)22-24-20-18(23)8-7-9-19(20)28-22/h7-11,14H,5-6,12-13H2,1-4H3. The summed E-state index contributed by atoms with van der Waals surface area (Å²) in [7, 11) is 0. The van der Waals surface area contributed by atoms with Crippen molar-refractivity contribution in [3.63, 3.8) is 0 Å². The van der Waals surface area contributed by atoms with Crippen molar-refractivity contribution in [2.75, 3.05) is 31.1 Å². The number of nitrogens with zero attached hydrogens (tertiary/aromatic N) is 3. The highest BCUT2D eigenvalue weighted by Crippen LogP contribution is 2.31. The van der Waals surface area contributed by atoms with Crippen molar-refractivity contribution in [1.82, 2.24) is 9.88 Å². The van der Waals surface area contributed by atoms with Crippen LogP contribution in [0.1, 0.15) is 35.3 Å². The molecule has 0 saturated heterocycles. The number of aromatic nitrogens is 1. The predicted molar refractivity (Wildman–Crippen MR) is 115 cm³/mol. The summed E-state index contributed by atoms with van der Waals surface area (Å²) in [4.78, 5) is 21.8. The Morgan fingerprint density at radius 1 is 1.11 bits per heavy atom. The first kappa shape index (κ1) is 20.4. The summed E-state index contributed by atoms with van der Waals surface area (Å²) in [5, 5.41) is 0.539. The Morgan fingerprint density at radius 3 is 2.50 bits per heavy atom. The number of halogens is 1. The van der Waals surface area contributed by atoms with Gasteiger partial charge in [0.25, 0.3) is 5.91 Å². The maximum Gasteiger partial charge on any atom is 0.260 e. The molecule has 0 atom stereocenters. The fourth-order valence-electron chi connectivity index (χ4n) is 3.28. The van der Waals surface area contributed by atoms with Crippen LogP contribution < -0.4 is 4.90 Å². The number of rotatable bonds is 7. The number of thiazole rings is 1. The molecule has 0 aliphatic rings. The fourth-order valence-corrected chi connectivity index (χ4v) is 4.29. The molecule has 0 saturated carbocycles. The molecule has 3 rings (SSSR count). The van der Waals surface area contributed by atoms with Crippen LogP contribution in [-0.4, -0.2) is 42.0 Å². The van der Waals surface area contributed by atoms with Crippen molar-refractivity contribution in [2.24, 2.45) is 0 Å². The van der Waals surface area contributed by atoms with Gasteiger partial charge in [-0.15, -0.1) is 0 Å². The van der Waals surface area contributed by atoms with Gasteiger partial charge in [-0.05, 0) is 50.7 Å². The number of benzene rings is 2. The van der Waals surface area contributed by atoms with Crippen LogP contribution in [0, 0.1) is 19.7 Å². The molecule has 1 amide bonds. The van der Waals surface area contributed by atoms with Crippen molar-refractivity contribution in [2.45, 2.75) is 27.7 Å². The Hall–Kier alpha value is -2.31. The quantitative estimate of drug-likeness (QED) is 0.558. The van der Waals surface area contributed by atoms with Gasteiger partial charge in [0.15, 0.2) is 5.13 Å². The van der Waals surface area contributed by atoms with Gasteiger partial charge in [0.1, 0.15) is 11.3 Å². The van der Waals surface area contributed by atoms with E-state index < -0.39 is 0 Å². The summed E-state index contributed by atoms with van der Waals surface area (Å²) in [6.45, 7) is 11.2. The second-order valence-electron chi connectivity index (χ2n) is 6.89. The average molecular weight is 400 g/mol. The second-order valence-corrected chi connectivity index (χ2v) is 7.89. The average Bonchev–Trinajstić information content (AvgIpc) is 3.10. The van der Waals surface area contributed by atoms with Crippen LogP contribution in [0.5, 0.6) is 0 Å². The van der Waals surface area contributed by atoms with E-state index in [1.165, 1.54) is 17.4 Å². The van der Waals surface area contributed by atoms with Crippen molar-refractivity contribution in [3.05, 3.63) is 58.9 Å². The van der Waals surface area contributed by atoms with Crippen molar-refractivity contribution in [1.29, 1.82) is 0 Å². The molecule has 3 aromatic rings. The highest BCUT2D eigenvalue weighted by Gasteiger charge is 2.23. The molecule has 6 heteroatoms. The molecule has 148 valence electrons. The predicted octanol–water partition coefficient (Wildman–Crippen LogP) is 5.04. The van der Waals surface area contributed by atoms with Crippen LogP contribution in [0.3, 0.4) is 0 Å². The third-order valence-corrected chi connectivity index (χ3v) is 6.02. The van der Waals surface area contributed by atoms with Gasteiger partial charge in [0, 0.05) is 18.7 Å². The zero-order chi connectivity index (χ0) is 20.3. The topological polar surface area (TPSA) is 36.4 Å². The van der Waals surface area contributed by atoms with E-state index in [0.29, 0.717) is 22.8 Å². The van der Waals surface area contributed by atoms with Gasteiger partial charge in [0.05, 0.1) is 4.70 Å². The maximum atomic E-state index is 14.2. The Bertz CT molecular complexity index is 981. The molecule has 4 nitrogen and oxygen atoms in total. The number of carbonyl (C=O) groups excluding carboxylic acids is 1. The molecule has 0 unspecified atom stereocenters. The Balaban J connectivity index is 2.00. The minimum Gasteiger partial charge on any atom is -0.302 e. The highest BCUT2D eigenvalue weighted by molar-refractivity contribution is 7.22. The largest absolute Gasteiger partial charge is 0.302 e. The number of carbonyl (C=O) groups is 1. The van der Waals surface area contributed by atoms with E-state index in [4.69, 9.17) is 0 Å². The first-order chi connectivity index (χ1) is 13.4. The molecular weight excluding hydrogens is 373 g/mol. The zero-order valence-electron chi connectivity index (χ0n) is 16.8. The van der Waals surface area contributed by atoms with E-state index in [9.17, 15) is 9.18 Å². The summed E-state index contributed by atoms with van der Waals surface area (Å²) in [5.74, 6) is -0.452. The highest BCUT2D eigenvalue weighted by atomic mass is 32.1. The van der Waals surface area contributed by atoms with E-state index >= 15 is 0 Å². The van der Waals surface area contributed by atoms with Crippen molar-refractivity contribution in [3.8, 4) is 0 Å². The molecule has 1 heterocycles. The lowest BCUT2D eigenvalue weighted by atomic mass is 10.0. The minimum absolute atomic E-state index is 0.0934. The van der Waals surface area contributed by atoms with Gasteiger partial charge < -0.3 is 4.90 Å². The second kappa shape index (κ2) is 8.80. The summed E-state index contributed by atoms with van der Waals surface area (Å²) in [6, 6.07) is 10.7. The number of fused-ring (bicyclic) bond motifs is 1. The van der Waals surface area contributed by atoms with Crippen LogP contribution in [0.2, 0.25) is 0 Å². The van der Waals surface area contributed by atoms with Crippen LogP contribution >= 0.6 is 11.3 Å². The molecule has 0 spiro atoms. The summed E-state index contributed by atoms with van der Waals surface area (Å²) in [6.07, 6.45) is 0. The van der Waals surface area contributed by atoms with Gasteiger partial charge in [0.2, 0.25) is 0 Å². The fraction of sp³-hybridized carbons (Fsp3) is 0.364. The molecule has 0 aliphatic heterocycles. The third-order valence-electron chi connectivity index (χ3n) is 4.98. The van der Waals surface area contributed by atoms with Gasteiger partial charge >= 0.3 is 0 Å². The lowest BCUT2D eigenvalue weighted by Crippen LogP contribution is -2.39. The van der Waals surface area contributed by atoms with Gasteiger partial charge in [-0.3, -0.25) is 9.69 Å².